The van der Waals surface area contributed by atoms with Crippen molar-refractivity contribution in [2.24, 2.45) is 5.73 Å². The standard InChI is InChI=1S/C16H16FNO2S/c1-10-6-7-11(16(18)21)8-14(10)20-9-12-4-3-5-13(19-2)15(12)17/h3-8H,9H2,1-2H3,(H2,18,21). The van der Waals surface area contributed by atoms with Crippen molar-refractivity contribution < 1.29 is 13.9 Å². The zero-order chi connectivity index (χ0) is 15.4. The quantitative estimate of drug-likeness (QED) is 0.860. The van der Waals surface area contributed by atoms with Crippen LogP contribution < -0.4 is 15.2 Å². The van der Waals surface area contributed by atoms with E-state index >= 15 is 0 Å². The Morgan fingerprint density at radius 2 is 2.00 bits per heavy atom. The third-order valence-corrected chi connectivity index (χ3v) is 3.35. The highest BCUT2D eigenvalue weighted by Crippen LogP contribution is 2.24. The topological polar surface area (TPSA) is 44.5 Å². The molecule has 5 heteroatoms. The summed E-state index contributed by atoms with van der Waals surface area (Å²) in [5.41, 5.74) is 7.67. The van der Waals surface area contributed by atoms with E-state index in [1.165, 1.54) is 7.11 Å². The lowest BCUT2D eigenvalue weighted by atomic mass is 10.1. The first kappa shape index (κ1) is 15.3. The number of methoxy groups -OCH3 is 1. The minimum atomic E-state index is -0.414. The Balaban J connectivity index is 2.20. The molecule has 0 heterocycles. The molecule has 0 saturated heterocycles. The van der Waals surface area contributed by atoms with E-state index < -0.39 is 5.82 Å². The van der Waals surface area contributed by atoms with Crippen LogP contribution in [0.5, 0.6) is 11.5 Å². The average Bonchev–Trinajstić information content (AvgIpc) is 2.47. The van der Waals surface area contributed by atoms with Gasteiger partial charge in [-0.3, -0.25) is 0 Å². The van der Waals surface area contributed by atoms with Gasteiger partial charge in [0.05, 0.1) is 7.11 Å². The molecule has 0 unspecified atom stereocenters. The summed E-state index contributed by atoms with van der Waals surface area (Å²) < 4.78 is 24.7. The first-order valence-corrected chi connectivity index (χ1v) is 6.78. The Hall–Kier alpha value is -2.14. The van der Waals surface area contributed by atoms with E-state index in [1.54, 1.807) is 24.3 Å². The number of rotatable bonds is 5. The molecular weight excluding hydrogens is 289 g/mol. The number of hydrogen-bond donors (Lipinski definition) is 1. The van der Waals surface area contributed by atoms with Crippen LogP contribution >= 0.6 is 12.2 Å². The summed E-state index contributed by atoms with van der Waals surface area (Å²) >= 11 is 4.94. The lowest BCUT2D eigenvalue weighted by Crippen LogP contribution is -2.10. The predicted octanol–water partition coefficient (Wildman–Crippen LogP) is 3.36. The maximum Gasteiger partial charge on any atom is 0.171 e. The van der Waals surface area contributed by atoms with E-state index in [9.17, 15) is 4.39 Å². The van der Waals surface area contributed by atoms with Crippen molar-refractivity contribution in [1.29, 1.82) is 0 Å². The predicted molar refractivity (Wildman–Crippen MR) is 84.4 cm³/mol. The Kier molecular flexibility index (Phi) is 4.75. The van der Waals surface area contributed by atoms with Crippen molar-refractivity contribution >= 4 is 17.2 Å². The molecule has 21 heavy (non-hydrogen) atoms. The molecule has 0 aliphatic carbocycles. The van der Waals surface area contributed by atoms with Crippen LogP contribution in [-0.4, -0.2) is 12.1 Å². The summed E-state index contributed by atoms with van der Waals surface area (Å²) in [6.07, 6.45) is 0. The summed E-state index contributed by atoms with van der Waals surface area (Å²) in [4.78, 5) is 0.299. The molecule has 2 aromatic carbocycles. The van der Waals surface area contributed by atoms with Gasteiger partial charge in [0, 0.05) is 11.1 Å². The van der Waals surface area contributed by atoms with Gasteiger partial charge in [-0.2, -0.15) is 0 Å². The maximum atomic E-state index is 14.0. The van der Waals surface area contributed by atoms with Crippen LogP contribution in [-0.2, 0) is 6.61 Å². The molecule has 0 aliphatic heterocycles. The molecule has 0 atom stereocenters. The zero-order valence-corrected chi connectivity index (χ0v) is 12.7. The first-order valence-electron chi connectivity index (χ1n) is 6.37. The van der Waals surface area contributed by atoms with Crippen LogP contribution in [0, 0.1) is 12.7 Å². The van der Waals surface area contributed by atoms with E-state index in [0.717, 1.165) is 11.1 Å². The number of ether oxygens (including phenoxy) is 2. The first-order chi connectivity index (χ1) is 10.0. The SMILES string of the molecule is COc1cccc(COc2cc(C(N)=S)ccc2C)c1F. The van der Waals surface area contributed by atoms with Gasteiger partial charge in [0.1, 0.15) is 17.3 Å². The number of nitrogens with two attached hydrogens (primary N) is 1. The van der Waals surface area contributed by atoms with E-state index in [0.29, 0.717) is 16.3 Å². The van der Waals surface area contributed by atoms with Crippen molar-refractivity contribution in [2.75, 3.05) is 7.11 Å². The highest BCUT2D eigenvalue weighted by atomic mass is 32.1. The van der Waals surface area contributed by atoms with Crippen molar-refractivity contribution in [2.45, 2.75) is 13.5 Å². The van der Waals surface area contributed by atoms with Gasteiger partial charge in [-0.15, -0.1) is 0 Å². The fraction of sp³-hybridized carbons (Fsp3) is 0.188. The number of hydrogen-bond acceptors (Lipinski definition) is 3. The van der Waals surface area contributed by atoms with Gasteiger partial charge < -0.3 is 15.2 Å². The average molecular weight is 305 g/mol. The Morgan fingerprint density at radius 3 is 2.67 bits per heavy atom. The summed E-state index contributed by atoms with van der Waals surface area (Å²) in [5.74, 6) is 0.412. The van der Waals surface area contributed by atoms with Gasteiger partial charge in [0.15, 0.2) is 11.6 Å². The molecule has 0 aliphatic rings. The van der Waals surface area contributed by atoms with E-state index in [2.05, 4.69) is 0 Å². The summed E-state index contributed by atoms with van der Waals surface area (Å²) in [6.45, 7) is 2.01. The van der Waals surface area contributed by atoms with Crippen LogP contribution in [0.3, 0.4) is 0 Å². The molecule has 2 aromatic rings. The second-order valence-electron chi connectivity index (χ2n) is 4.57. The zero-order valence-electron chi connectivity index (χ0n) is 11.9. The van der Waals surface area contributed by atoms with Crippen LogP contribution in [0.15, 0.2) is 36.4 Å². The van der Waals surface area contributed by atoms with E-state index in [1.807, 2.05) is 19.1 Å². The second kappa shape index (κ2) is 6.54. The van der Waals surface area contributed by atoms with Crippen molar-refractivity contribution in [3.8, 4) is 11.5 Å². The Labute approximate surface area is 128 Å². The summed E-state index contributed by atoms with van der Waals surface area (Å²) in [7, 11) is 1.43. The number of benzene rings is 2. The van der Waals surface area contributed by atoms with Crippen molar-refractivity contribution in [3.63, 3.8) is 0 Å². The van der Waals surface area contributed by atoms with Crippen LogP contribution in [0.2, 0.25) is 0 Å². The van der Waals surface area contributed by atoms with Crippen molar-refractivity contribution in [3.05, 3.63) is 58.9 Å². The van der Waals surface area contributed by atoms with Gasteiger partial charge in [0.25, 0.3) is 0 Å². The molecule has 0 amide bonds. The number of halogens is 1. The monoisotopic (exact) mass is 305 g/mol. The molecule has 110 valence electrons. The van der Waals surface area contributed by atoms with Crippen molar-refractivity contribution in [1.82, 2.24) is 0 Å². The third kappa shape index (κ3) is 3.49. The second-order valence-corrected chi connectivity index (χ2v) is 5.01. The van der Waals surface area contributed by atoms with Gasteiger partial charge >= 0.3 is 0 Å². The van der Waals surface area contributed by atoms with Gasteiger partial charge in [-0.05, 0) is 24.6 Å². The lowest BCUT2D eigenvalue weighted by molar-refractivity contribution is 0.294. The van der Waals surface area contributed by atoms with Gasteiger partial charge in [-0.25, -0.2) is 4.39 Å². The maximum absolute atomic E-state index is 14.0. The smallest absolute Gasteiger partial charge is 0.171 e. The Bertz CT molecular complexity index is 673. The molecular formula is C16H16FNO2S. The highest BCUT2D eigenvalue weighted by molar-refractivity contribution is 7.80. The molecule has 0 spiro atoms. The largest absolute Gasteiger partial charge is 0.494 e. The minimum Gasteiger partial charge on any atom is -0.494 e. The third-order valence-electron chi connectivity index (χ3n) is 3.12. The van der Waals surface area contributed by atoms with Crippen LogP contribution in [0.4, 0.5) is 4.39 Å². The minimum absolute atomic E-state index is 0.102. The normalized spacial score (nSPS) is 10.2. The van der Waals surface area contributed by atoms with E-state index in [4.69, 9.17) is 27.4 Å². The molecule has 0 aromatic heterocycles. The van der Waals surface area contributed by atoms with Gasteiger partial charge in [-0.1, -0.05) is 36.5 Å². The molecule has 0 bridgehead atoms. The van der Waals surface area contributed by atoms with Crippen LogP contribution in [0.25, 0.3) is 0 Å². The molecule has 3 nitrogen and oxygen atoms in total. The number of thiocarbonyl (C=S) groups is 1. The highest BCUT2D eigenvalue weighted by Gasteiger charge is 2.10. The molecule has 0 saturated carbocycles. The van der Waals surface area contributed by atoms with E-state index in [-0.39, 0.29) is 12.4 Å². The lowest BCUT2D eigenvalue weighted by Gasteiger charge is -2.12. The molecule has 0 radical (unpaired) electrons. The number of aryl methyl sites for hydroxylation is 1. The fourth-order valence-electron chi connectivity index (χ4n) is 1.89. The summed E-state index contributed by atoms with van der Waals surface area (Å²) in [5, 5.41) is 0. The Morgan fingerprint density at radius 1 is 1.24 bits per heavy atom. The summed E-state index contributed by atoms with van der Waals surface area (Å²) in [6, 6.07) is 10.4. The molecule has 2 rings (SSSR count). The molecule has 2 N–H and O–H groups in total. The van der Waals surface area contributed by atoms with Gasteiger partial charge in [0.2, 0.25) is 0 Å². The fourth-order valence-corrected chi connectivity index (χ4v) is 2.02. The van der Waals surface area contributed by atoms with Crippen LogP contribution in [0.1, 0.15) is 16.7 Å². The molecule has 0 fully saturated rings.